The number of hydrogen-bond acceptors (Lipinski definition) is 5. The summed E-state index contributed by atoms with van der Waals surface area (Å²) in [6, 6.07) is 26.0. The summed E-state index contributed by atoms with van der Waals surface area (Å²) in [5, 5.41) is 13.7. The smallest absolute Gasteiger partial charge is 0.225 e. The van der Waals surface area contributed by atoms with Crippen LogP contribution in [0, 0.1) is 32.1 Å². The van der Waals surface area contributed by atoms with Gasteiger partial charge in [-0.1, -0.05) is 35.9 Å². The van der Waals surface area contributed by atoms with Crippen molar-refractivity contribution >= 4 is 23.4 Å². The van der Waals surface area contributed by atoms with Crippen LogP contribution in [0.1, 0.15) is 28.7 Å². The summed E-state index contributed by atoms with van der Waals surface area (Å²) in [6.07, 6.45) is 0.302. The molecule has 186 valence electrons. The van der Waals surface area contributed by atoms with Gasteiger partial charge in [-0.2, -0.15) is 5.26 Å². The van der Waals surface area contributed by atoms with Crippen LogP contribution in [0.5, 0.6) is 5.75 Å². The number of methoxy groups -OCH3 is 1. The number of amides is 1. The van der Waals surface area contributed by atoms with Crippen molar-refractivity contribution in [3.8, 4) is 34.2 Å². The Morgan fingerprint density at radius 2 is 1.65 bits per heavy atom. The maximum absolute atomic E-state index is 12.6. The van der Waals surface area contributed by atoms with E-state index in [-0.39, 0.29) is 5.91 Å². The van der Waals surface area contributed by atoms with Gasteiger partial charge in [-0.15, -0.1) is 11.8 Å². The van der Waals surface area contributed by atoms with Gasteiger partial charge in [-0.25, -0.2) is 4.98 Å². The molecule has 1 N–H and O–H groups in total. The summed E-state index contributed by atoms with van der Waals surface area (Å²) in [7, 11) is 1.63. The first kappa shape index (κ1) is 26.0. The Morgan fingerprint density at radius 1 is 0.946 bits per heavy atom. The number of thioether (sulfide) groups is 1. The maximum Gasteiger partial charge on any atom is 0.225 e. The second kappa shape index (κ2) is 11.8. The molecular weight excluding hydrogens is 478 g/mol. The fourth-order valence-corrected chi connectivity index (χ4v) is 4.83. The molecule has 0 radical (unpaired) electrons. The normalized spacial score (nSPS) is 10.6. The van der Waals surface area contributed by atoms with Crippen LogP contribution in [0.3, 0.4) is 0 Å². The van der Waals surface area contributed by atoms with Gasteiger partial charge < -0.3 is 10.1 Å². The summed E-state index contributed by atoms with van der Waals surface area (Å²) in [4.78, 5) is 17.4. The highest BCUT2D eigenvalue weighted by atomic mass is 32.2. The molecule has 5 nitrogen and oxygen atoms in total. The molecule has 1 amide bonds. The van der Waals surface area contributed by atoms with E-state index in [4.69, 9.17) is 9.72 Å². The van der Waals surface area contributed by atoms with Crippen molar-refractivity contribution < 1.29 is 9.53 Å². The molecule has 0 unspecified atom stereocenters. The number of aryl methyl sites for hydroxylation is 3. The van der Waals surface area contributed by atoms with Gasteiger partial charge in [0, 0.05) is 29.0 Å². The Morgan fingerprint density at radius 3 is 2.30 bits per heavy atom. The molecule has 0 bridgehead atoms. The molecule has 0 fully saturated rings. The van der Waals surface area contributed by atoms with Crippen molar-refractivity contribution in [1.82, 2.24) is 4.98 Å². The summed E-state index contributed by atoms with van der Waals surface area (Å²) in [5.74, 6) is 1.19. The van der Waals surface area contributed by atoms with E-state index in [9.17, 15) is 10.1 Å². The lowest BCUT2D eigenvalue weighted by molar-refractivity contribution is -0.115. The fraction of sp³-hybridized carbons (Fsp3) is 0.194. The van der Waals surface area contributed by atoms with Crippen LogP contribution in [0.15, 0.2) is 77.8 Å². The lowest BCUT2D eigenvalue weighted by Gasteiger charge is -2.13. The number of aromatic nitrogens is 1. The van der Waals surface area contributed by atoms with Crippen LogP contribution < -0.4 is 10.1 Å². The molecule has 1 aromatic heterocycles. The molecule has 0 saturated carbocycles. The van der Waals surface area contributed by atoms with Gasteiger partial charge in [0.2, 0.25) is 5.91 Å². The number of nitrogens with zero attached hydrogens (tertiary/aromatic N) is 2. The number of carbonyl (C=O) groups is 1. The molecule has 4 aromatic rings. The number of nitriles is 1. The average molecular weight is 508 g/mol. The number of pyridine rings is 1. The van der Waals surface area contributed by atoms with E-state index >= 15 is 0 Å². The molecule has 0 aliphatic heterocycles. The molecule has 0 saturated heterocycles. The van der Waals surface area contributed by atoms with Crippen molar-refractivity contribution in [1.29, 1.82) is 5.26 Å². The number of carbonyl (C=O) groups excluding carboxylic acids is 1. The number of hydrogen-bond donors (Lipinski definition) is 1. The number of benzene rings is 3. The van der Waals surface area contributed by atoms with Crippen LogP contribution in [-0.2, 0) is 4.79 Å². The van der Waals surface area contributed by atoms with Crippen LogP contribution in [0.4, 0.5) is 5.69 Å². The minimum Gasteiger partial charge on any atom is -0.497 e. The Labute approximate surface area is 222 Å². The van der Waals surface area contributed by atoms with Crippen molar-refractivity contribution in [2.45, 2.75) is 32.2 Å². The fourth-order valence-electron chi connectivity index (χ4n) is 3.89. The zero-order chi connectivity index (χ0) is 26.4. The second-order valence-corrected chi connectivity index (χ2v) is 9.97. The molecule has 0 atom stereocenters. The number of anilines is 1. The highest BCUT2D eigenvalue weighted by Gasteiger charge is 2.17. The Balaban J connectivity index is 1.60. The van der Waals surface area contributed by atoms with Crippen molar-refractivity contribution in [2.75, 3.05) is 18.2 Å². The van der Waals surface area contributed by atoms with Crippen LogP contribution in [-0.4, -0.2) is 23.8 Å². The van der Waals surface area contributed by atoms with Gasteiger partial charge in [0.1, 0.15) is 16.8 Å². The van der Waals surface area contributed by atoms with Crippen LogP contribution in [0.25, 0.3) is 22.4 Å². The van der Waals surface area contributed by atoms with Crippen molar-refractivity contribution in [3.05, 3.63) is 95.1 Å². The number of rotatable bonds is 8. The summed E-state index contributed by atoms with van der Waals surface area (Å²) in [5.41, 5.74) is 8.24. The first-order valence-electron chi connectivity index (χ1n) is 12.0. The standard InChI is InChI=1S/C31H29N3O2S/c1-20-5-8-23(9-6-20)27-18-29(24-10-13-26(36-4)14-11-24)34-31(28(27)19-32)37-16-15-30(35)33-25-12-7-21(2)22(3)17-25/h5-14,17-18H,15-16H2,1-4H3,(H,33,35). The molecule has 0 aliphatic carbocycles. The Bertz CT molecular complexity index is 1460. The third-order valence-corrected chi connectivity index (χ3v) is 7.18. The minimum atomic E-state index is -0.0701. The van der Waals surface area contributed by atoms with Crippen LogP contribution >= 0.6 is 11.8 Å². The predicted octanol–water partition coefficient (Wildman–Crippen LogP) is 7.34. The van der Waals surface area contributed by atoms with E-state index in [0.717, 1.165) is 44.9 Å². The van der Waals surface area contributed by atoms with Gasteiger partial charge in [0.05, 0.1) is 18.4 Å². The quantitative estimate of drug-likeness (QED) is 0.253. The molecule has 0 spiro atoms. The topological polar surface area (TPSA) is 75.0 Å². The molecule has 6 heteroatoms. The Hall–Kier alpha value is -4.08. The third-order valence-electron chi connectivity index (χ3n) is 6.20. The maximum atomic E-state index is 12.6. The van der Waals surface area contributed by atoms with Gasteiger partial charge in [0.25, 0.3) is 0 Å². The van der Waals surface area contributed by atoms with E-state index in [1.165, 1.54) is 17.3 Å². The summed E-state index contributed by atoms with van der Waals surface area (Å²) in [6.45, 7) is 6.11. The second-order valence-electron chi connectivity index (χ2n) is 8.89. The molecule has 37 heavy (non-hydrogen) atoms. The molecule has 1 heterocycles. The third kappa shape index (κ3) is 6.38. The van der Waals surface area contributed by atoms with Gasteiger partial charge in [-0.3, -0.25) is 4.79 Å². The van der Waals surface area contributed by atoms with Crippen molar-refractivity contribution in [2.24, 2.45) is 0 Å². The highest BCUT2D eigenvalue weighted by molar-refractivity contribution is 7.99. The van der Waals surface area contributed by atoms with Gasteiger partial charge in [0.15, 0.2) is 0 Å². The van der Waals surface area contributed by atoms with Gasteiger partial charge >= 0.3 is 0 Å². The van der Waals surface area contributed by atoms with Gasteiger partial charge in [-0.05, 0) is 79.9 Å². The van der Waals surface area contributed by atoms with E-state index in [0.29, 0.717) is 22.8 Å². The molecule has 4 rings (SSSR count). The molecular formula is C31H29N3O2S. The zero-order valence-electron chi connectivity index (χ0n) is 21.5. The van der Waals surface area contributed by atoms with Crippen LogP contribution in [0.2, 0.25) is 0 Å². The SMILES string of the molecule is COc1ccc(-c2cc(-c3ccc(C)cc3)c(C#N)c(SCCC(=O)Nc3ccc(C)c(C)c3)n2)cc1. The number of nitrogens with one attached hydrogen (secondary N) is 1. The Kier molecular flexibility index (Phi) is 8.27. The largest absolute Gasteiger partial charge is 0.497 e. The van der Waals surface area contributed by atoms with E-state index < -0.39 is 0 Å². The van der Waals surface area contributed by atoms with E-state index in [1.54, 1.807) is 7.11 Å². The monoisotopic (exact) mass is 507 g/mol. The molecule has 0 aliphatic rings. The van der Waals surface area contributed by atoms with E-state index in [1.807, 2.05) is 93.6 Å². The first-order chi connectivity index (χ1) is 17.9. The first-order valence-corrected chi connectivity index (χ1v) is 13.0. The zero-order valence-corrected chi connectivity index (χ0v) is 22.3. The lowest BCUT2D eigenvalue weighted by Crippen LogP contribution is -2.12. The highest BCUT2D eigenvalue weighted by Crippen LogP contribution is 2.35. The predicted molar refractivity (Wildman–Crippen MR) is 151 cm³/mol. The summed E-state index contributed by atoms with van der Waals surface area (Å²) < 4.78 is 5.29. The number of ether oxygens (including phenoxy) is 1. The lowest BCUT2D eigenvalue weighted by atomic mass is 9.98. The average Bonchev–Trinajstić information content (AvgIpc) is 2.91. The summed E-state index contributed by atoms with van der Waals surface area (Å²) >= 11 is 1.43. The van der Waals surface area contributed by atoms with E-state index in [2.05, 4.69) is 11.4 Å². The minimum absolute atomic E-state index is 0.0701. The van der Waals surface area contributed by atoms with Crippen molar-refractivity contribution in [3.63, 3.8) is 0 Å². The molecule has 3 aromatic carbocycles.